The van der Waals surface area contributed by atoms with Gasteiger partial charge in [0.25, 0.3) is 0 Å². The normalized spacial score (nSPS) is 12.4. The van der Waals surface area contributed by atoms with Gasteiger partial charge in [0.15, 0.2) is 5.82 Å². The van der Waals surface area contributed by atoms with E-state index in [1.165, 1.54) is 11.3 Å². The molecule has 1 rings (SSSR count). The van der Waals surface area contributed by atoms with Gasteiger partial charge in [-0.1, -0.05) is 41.5 Å². The third-order valence-corrected chi connectivity index (χ3v) is 2.55. The van der Waals surface area contributed by atoms with Crippen LogP contribution in [0.25, 0.3) is 0 Å². The number of rotatable bonds is 1. The van der Waals surface area contributed by atoms with Crippen LogP contribution in [0.4, 0.5) is 5.82 Å². The maximum absolute atomic E-state index is 4.77. The highest BCUT2D eigenvalue weighted by molar-refractivity contribution is 5.95. The third-order valence-electron chi connectivity index (χ3n) is 2.55. The van der Waals surface area contributed by atoms with Gasteiger partial charge in [0.05, 0.1) is 0 Å². The molecule has 0 saturated carbocycles. The summed E-state index contributed by atoms with van der Waals surface area (Å²) in [6.07, 6.45) is 1.82. The van der Waals surface area contributed by atoms with Crippen molar-refractivity contribution in [3.05, 3.63) is 23.9 Å². The fourth-order valence-corrected chi connectivity index (χ4v) is 2.16. The molecule has 0 aliphatic rings. The van der Waals surface area contributed by atoms with Crippen molar-refractivity contribution in [2.75, 3.05) is 0 Å². The Balaban J connectivity index is 3.25. The molecule has 1 heterocycles. The van der Waals surface area contributed by atoms with Gasteiger partial charge in [0.2, 0.25) is 0 Å². The SMILES string of the molecule is Cc1ccnc(N=C(C(C)(C)C)C(C)(C)C)c1. The molecule has 0 amide bonds. The molecule has 0 aliphatic carbocycles. The van der Waals surface area contributed by atoms with Crippen LogP contribution in [0.15, 0.2) is 23.3 Å². The monoisotopic (exact) mass is 232 g/mol. The molecule has 0 fully saturated rings. The predicted molar refractivity (Wildman–Crippen MR) is 75.0 cm³/mol. The van der Waals surface area contributed by atoms with Gasteiger partial charge in [-0.25, -0.2) is 9.98 Å². The molecule has 17 heavy (non-hydrogen) atoms. The van der Waals surface area contributed by atoms with Crippen molar-refractivity contribution in [2.24, 2.45) is 15.8 Å². The first-order chi connectivity index (χ1) is 7.60. The van der Waals surface area contributed by atoms with Gasteiger partial charge in [0.1, 0.15) is 0 Å². The van der Waals surface area contributed by atoms with Gasteiger partial charge in [-0.15, -0.1) is 0 Å². The molecule has 0 spiro atoms. The van der Waals surface area contributed by atoms with Gasteiger partial charge in [-0.2, -0.15) is 0 Å². The van der Waals surface area contributed by atoms with Crippen LogP contribution in [0.1, 0.15) is 47.1 Å². The highest BCUT2D eigenvalue weighted by atomic mass is 14.9. The average Bonchev–Trinajstić information content (AvgIpc) is 2.10. The summed E-state index contributed by atoms with van der Waals surface area (Å²) < 4.78 is 0. The van der Waals surface area contributed by atoms with E-state index in [-0.39, 0.29) is 10.8 Å². The summed E-state index contributed by atoms with van der Waals surface area (Å²) >= 11 is 0. The maximum Gasteiger partial charge on any atom is 0.151 e. The van der Waals surface area contributed by atoms with E-state index in [2.05, 4.69) is 53.5 Å². The van der Waals surface area contributed by atoms with E-state index in [0.717, 1.165) is 5.82 Å². The number of nitrogens with zero attached hydrogens (tertiary/aromatic N) is 2. The standard InChI is InChI=1S/C15H24N2/c1-11-8-9-16-12(10-11)17-13(14(2,3)4)15(5,6)7/h8-10H,1-7H3. The Bertz CT molecular complexity index is 401. The average molecular weight is 232 g/mol. The quantitative estimate of drug-likeness (QED) is 0.652. The molecule has 2 nitrogen and oxygen atoms in total. The Kier molecular flexibility index (Phi) is 3.75. The molecule has 1 aromatic rings. The zero-order chi connectivity index (χ0) is 13.3. The summed E-state index contributed by atoms with van der Waals surface area (Å²) in [6, 6.07) is 4.02. The van der Waals surface area contributed by atoms with Crippen LogP contribution in [0, 0.1) is 17.8 Å². The Labute approximate surface area is 105 Å². The first-order valence-electron chi connectivity index (χ1n) is 6.13. The van der Waals surface area contributed by atoms with Crippen LogP contribution in [0.3, 0.4) is 0 Å². The summed E-state index contributed by atoms with van der Waals surface area (Å²) in [5.41, 5.74) is 2.50. The van der Waals surface area contributed by atoms with Gasteiger partial charge >= 0.3 is 0 Å². The molecule has 94 valence electrons. The number of hydrogen-bond donors (Lipinski definition) is 0. The lowest BCUT2D eigenvalue weighted by atomic mass is 9.75. The highest BCUT2D eigenvalue weighted by Gasteiger charge is 2.30. The molecule has 0 atom stereocenters. The summed E-state index contributed by atoms with van der Waals surface area (Å²) in [5.74, 6) is 0.810. The van der Waals surface area contributed by atoms with Crippen LogP contribution < -0.4 is 0 Å². The summed E-state index contributed by atoms with van der Waals surface area (Å²) in [6.45, 7) is 15.3. The van der Waals surface area contributed by atoms with E-state index in [4.69, 9.17) is 4.99 Å². The fourth-order valence-electron chi connectivity index (χ4n) is 2.16. The highest BCUT2D eigenvalue weighted by Crippen LogP contribution is 2.32. The lowest BCUT2D eigenvalue weighted by Gasteiger charge is -2.32. The molecule has 0 unspecified atom stereocenters. The van der Waals surface area contributed by atoms with Crippen molar-refractivity contribution in [1.29, 1.82) is 0 Å². The van der Waals surface area contributed by atoms with Crippen LogP contribution in [0.5, 0.6) is 0 Å². The Morgan fingerprint density at radius 2 is 1.59 bits per heavy atom. The van der Waals surface area contributed by atoms with Crippen molar-refractivity contribution >= 4 is 11.5 Å². The molecular weight excluding hydrogens is 208 g/mol. The molecule has 0 radical (unpaired) electrons. The predicted octanol–water partition coefficient (Wildman–Crippen LogP) is 4.55. The van der Waals surface area contributed by atoms with Gasteiger partial charge in [-0.3, -0.25) is 0 Å². The number of aromatic nitrogens is 1. The zero-order valence-corrected chi connectivity index (χ0v) is 12.1. The summed E-state index contributed by atoms with van der Waals surface area (Å²) in [4.78, 5) is 9.09. The smallest absolute Gasteiger partial charge is 0.151 e. The van der Waals surface area contributed by atoms with E-state index in [9.17, 15) is 0 Å². The van der Waals surface area contributed by atoms with Crippen molar-refractivity contribution in [3.8, 4) is 0 Å². The molecule has 0 aliphatic heterocycles. The molecule has 0 aromatic carbocycles. The summed E-state index contributed by atoms with van der Waals surface area (Å²) in [7, 11) is 0. The number of hydrogen-bond acceptors (Lipinski definition) is 2. The topological polar surface area (TPSA) is 25.2 Å². The Morgan fingerprint density at radius 3 is 2.00 bits per heavy atom. The Morgan fingerprint density at radius 1 is 1.06 bits per heavy atom. The minimum atomic E-state index is 0.0592. The minimum absolute atomic E-state index is 0.0592. The molecule has 0 N–H and O–H groups in total. The van der Waals surface area contributed by atoms with Crippen molar-refractivity contribution in [3.63, 3.8) is 0 Å². The number of pyridine rings is 1. The van der Waals surface area contributed by atoms with Crippen LogP contribution >= 0.6 is 0 Å². The zero-order valence-electron chi connectivity index (χ0n) is 12.1. The molecule has 2 heteroatoms. The molecule has 0 bridgehead atoms. The molecule has 0 saturated heterocycles. The van der Waals surface area contributed by atoms with Gasteiger partial charge in [0, 0.05) is 22.7 Å². The van der Waals surface area contributed by atoms with E-state index in [1.54, 1.807) is 0 Å². The van der Waals surface area contributed by atoms with Crippen LogP contribution in [-0.4, -0.2) is 10.7 Å². The number of aryl methyl sites for hydroxylation is 1. The second-order valence-corrected chi connectivity index (χ2v) is 6.65. The van der Waals surface area contributed by atoms with E-state index in [1.807, 2.05) is 18.3 Å². The van der Waals surface area contributed by atoms with Gasteiger partial charge < -0.3 is 0 Å². The van der Waals surface area contributed by atoms with E-state index < -0.39 is 0 Å². The van der Waals surface area contributed by atoms with Crippen molar-refractivity contribution in [1.82, 2.24) is 4.98 Å². The second kappa shape index (κ2) is 4.59. The van der Waals surface area contributed by atoms with Crippen molar-refractivity contribution in [2.45, 2.75) is 48.5 Å². The first-order valence-corrected chi connectivity index (χ1v) is 6.13. The molecule has 1 aromatic heterocycles. The van der Waals surface area contributed by atoms with Gasteiger partial charge in [-0.05, 0) is 24.6 Å². The van der Waals surface area contributed by atoms with E-state index in [0.29, 0.717) is 0 Å². The first kappa shape index (κ1) is 13.9. The van der Waals surface area contributed by atoms with Crippen molar-refractivity contribution < 1.29 is 0 Å². The largest absolute Gasteiger partial charge is 0.237 e. The lowest BCUT2D eigenvalue weighted by molar-refractivity contribution is 0.479. The lowest BCUT2D eigenvalue weighted by Crippen LogP contribution is -2.32. The van der Waals surface area contributed by atoms with Crippen LogP contribution in [0.2, 0.25) is 0 Å². The third kappa shape index (κ3) is 3.95. The fraction of sp³-hybridized carbons (Fsp3) is 0.600. The summed E-state index contributed by atoms with van der Waals surface area (Å²) in [5, 5.41) is 0. The number of aliphatic imine (C=N–C) groups is 1. The second-order valence-electron chi connectivity index (χ2n) is 6.65. The molecular formula is C15H24N2. The minimum Gasteiger partial charge on any atom is -0.237 e. The maximum atomic E-state index is 4.77. The Hall–Kier alpha value is -1.18. The van der Waals surface area contributed by atoms with E-state index >= 15 is 0 Å². The van der Waals surface area contributed by atoms with Crippen LogP contribution in [-0.2, 0) is 0 Å².